The SMILES string of the molecule is CCCCCC(C)C=CC(C)CC=O. The van der Waals surface area contributed by atoms with Crippen LogP contribution in [-0.2, 0) is 4.79 Å². The van der Waals surface area contributed by atoms with Crippen LogP contribution in [0.25, 0.3) is 0 Å². The van der Waals surface area contributed by atoms with Gasteiger partial charge in [-0.1, -0.05) is 52.2 Å². The van der Waals surface area contributed by atoms with Crippen molar-refractivity contribution in [3.63, 3.8) is 0 Å². The molecule has 0 aliphatic carbocycles. The normalized spacial score (nSPS) is 15.6. The minimum Gasteiger partial charge on any atom is -0.303 e. The summed E-state index contributed by atoms with van der Waals surface area (Å²) in [7, 11) is 0. The monoisotopic (exact) mass is 196 g/mol. The standard InChI is InChI=1S/C13H24O/c1-4-5-6-7-12(2)8-9-13(3)10-11-14/h8-9,11-13H,4-7,10H2,1-3H3. The molecule has 0 aromatic rings. The Labute approximate surface area is 88.6 Å². The van der Waals surface area contributed by atoms with Crippen molar-refractivity contribution in [1.82, 2.24) is 0 Å². The molecule has 2 unspecified atom stereocenters. The highest BCUT2D eigenvalue weighted by atomic mass is 16.1. The molecule has 0 saturated carbocycles. The van der Waals surface area contributed by atoms with Crippen molar-refractivity contribution in [3.05, 3.63) is 12.2 Å². The molecule has 0 bridgehead atoms. The highest BCUT2D eigenvalue weighted by molar-refractivity contribution is 5.50. The second-order valence-electron chi connectivity index (χ2n) is 4.24. The number of unbranched alkanes of at least 4 members (excludes halogenated alkanes) is 2. The van der Waals surface area contributed by atoms with E-state index in [4.69, 9.17) is 0 Å². The Hall–Kier alpha value is -0.590. The van der Waals surface area contributed by atoms with Crippen molar-refractivity contribution >= 4 is 6.29 Å². The first-order valence-electron chi connectivity index (χ1n) is 5.82. The van der Waals surface area contributed by atoms with E-state index in [0.717, 1.165) is 6.29 Å². The van der Waals surface area contributed by atoms with E-state index in [-0.39, 0.29) is 0 Å². The molecule has 0 radical (unpaired) electrons. The third kappa shape index (κ3) is 8.03. The average molecular weight is 196 g/mol. The zero-order chi connectivity index (χ0) is 10.8. The van der Waals surface area contributed by atoms with Crippen molar-refractivity contribution in [2.24, 2.45) is 11.8 Å². The van der Waals surface area contributed by atoms with Crippen molar-refractivity contribution in [3.8, 4) is 0 Å². The highest BCUT2D eigenvalue weighted by Crippen LogP contribution is 2.12. The predicted octanol–water partition coefficient (Wildman–Crippen LogP) is 3.98. The van der Waals surface area contributed by atoms with E-state index >= 15 is 0 Å². The summed E-state index contributed by atoms with van der Waals surface area (Å²) in [5.41, 5.74) is 0. The molecule has 1 nitrogen and oxygen atoms in total. The molecule has 0 aromatic carbocycles. The lowest BCUT2D eigenvalue weighted by Crippen LogP contribution is -1.94. The Morgan fingerprint density at radius 1 is 1.07 bits per heavy atom. The zero-order valence-corrected chi connectivity index (χ0v) is 9.83. The summed E-state index contributed by atoms with van der Waals surface area (Å²) in [6.07, 6.45) is 11.3. The molecule has 82 valence electrons. The minimum atomic E-state index is 0.404. The first-order valence-corrected chi connectivity index (χ1v) is 5.82. The number of hydrogen-bond donors (Lipinski definition) is 0. The van der Waals surface area contributed by atoms with Gasteiger partial charge in [0.25, 0.3) is 0 Å². The van der Waals surface area contributed by atoms with Crippen LogP contribution in [-0.4, -0.2) is 6.29 Å². The Balaban J connectivity index is 3.58. The minimum absolute atomic E-state index is 0.404. The summed E-state index contributed by atoms with van der Waals surface area (Å²) < 4.78 is 0. The van der Waals surface area contributed by atoms with Crippen LogP contribution >= 0.6 is 0 Å². The van der Waals surface area contributed by atoms with Gasteiger partial charge in [0.15, 0.2) is 0 Å². The van der Waals surface area contributed by atoms with E-state index in [1.54, 1.807) is 0 Å². The lowest BCUT2D eigenvalue weighted by Gasteiger charge is -2.06. The summed E-state index contributed by atoms with van der Waals surface area (Å²) in [6, 6.07) is 0. The summed E-state index contributed by atoms with van der Waals surface area (Å²) in [5, 5.41) is 0. The molecular formula is C13H24O. The summed E-state index contributed by atoms with van der Waals surface area (Å²) in [6.45, 7) is 6.57. The molecule has 0 spiro atoms. The van der Waals surface area contributed by atoms with Gasteiger partial charge < -0.3 is 4.79 Å². The van der Waals surface area contributed by atoms with Crippen LogP contribution in [0.4, 0.5) is 0 Å². The zero-order valence-electron chi connectivity index (χ0n) is 9.83. The van der Waals surface area contributed by atoms with E-state index < -0.39 is 0 Å². The van der Waals surface area contributed by atoms with Crippen LogP contribution in [0.2, 0.25) is 0 Å². The number of hydrogen-bond acceptors (Lipinski definition) is 1. The molecule has 1 heteroatoms. The van der Waals surface area contributed by atoms with E-state index in [9.17, 15) is 4.79 Å². The first kappa shape index (κ1) is 13.4. The molecule has 0 fully saturated rings. The average Bonchev–Trinajstić information content (AvgIpc) is 2.16. The molecule has 0 aliphatic rings. The maximum Gasteiger partial charge on any atom is 0.120 e. The van der Waals surface area contributed by atoms with Gasteiger partial charge in [0, 0.05) is 6.42 Å². The second-order valence-corrected chi connectivity index (χ2v) is 4.24. The lowest BCUT2D eigenvalue weighted by atomic mass is 10.00. The topological polar surface area (TPSA) is 17.1 Å². The van der Waals surface area contributed by atoms with Gasteiger partial charge in [-0.2, -0.15) is 0 Å². The van der Waals surface area contributed by atoms with Crippen molar-refractivity contribution in [1.29, 1.82) is 0 Å². The van der Waals surface area contributed by atoms with Gasteiger partial charge >= 0.3 is 0 Å². The Morgan fingerprint density at radius 2 is 1.71 bits per heavy atom. The van der Waals surface area contributed by atoms with Crippen molar-refractivity contribution in [2.45, 2.75) is 52.9 Å². The summed E-state index contributed by atoms with van der Waals surface area (Å²) >= 11 is 0. The molecule has 2 atom stereocenters. The highest BCUT2D eigenvalue weighted by Gasteiger charge is 1.98. The van der Waals surface area contributed by atoms with Gasteiger partial charge in [0.1, 0.15) is 6.29 Å². The molecule has 14 heavy (non-hydrogen) atoms. The molecule has 0 heterocycles. The number of carbonyl (C=O) groups excluding carboxylic acids is 1. The molecule has 0 N–H and O–H groups in total. The molecule has 0 aromatic heterocycles. The smallest absolute Gasteiger partial charge is 0.120 e. The van der Waals surface area contributed by atoms with Crippen LogP contribution in [0.3, 0.4) is 0 Å². The van der Waals surface area contributed by atoms with Gasteiger partial charge in [-0.05, 0) is 18.3 Å². The fourth-order valence-corrected chi connectivity index (χ4v) is 1.42. The van der Waals surface area contributed by atoms with E-state index in [1.807, 2.05) is 0 Å². The quantitative estimate of drug-likeness (QED) is 0.326. The largest absolute Gasteiger partial charge is 0.303 e. The third-order valence-corrected chi connectivity index (χ3v) is 2.50. The Kier molecular flexibility index (Phi) is 8.61. The van der Waals surface area contributed by atoms with Gasteiger partial charge in [-0.15, -0.1) is 0 Å². The Morgan fingerprint density at radius 3 is 2.29 bits per heavy atom. The maximum atomic E-state index is 10.2. The molecular weight excluding hydrogens is 172 g/mol. The molecule has 0 rings (SSSR count). The van der Waals surface area contributed by atoms with Crippen LogP contribution in [0.5, 0.6) is 0 Å². The first-order chi connectivity index (χ1) is 6.70. The van der Waals surface area contributed by atoms with E-state index in [2.05, 4.69) is 32.9 Å². The molecule has 0 saturated heterocycles. The number of carbonyl (C=O) groups is 1. The van der Waals surface area contributed by atoms with E-state index in [0.29, 0.717) is 18.3 Å². The predicted molar refractivity (Wildman–Crippen MR) is 62.3 cm³/mol. The fraction of sp³-hybridized carbons (Fsp3) is 0.769. The van der Waals surface area contributed by atoms with Gasteiger partial charge in [-0.25, -0.2) is 0 Å². The molecule has 0 aliphatic heterocycles. The van der Waals surface area contributed by atoms with Crippen LogP contribution in [0.15, 0.2) is 12.2 Å². The lowest BCUT2D eigenvalue weighted by molar-refractivity contribution is -0.108. The summed E-state index contributed by atoms with van der Waals surface area (Å²) in [4.78, 5) is 10.2. The van der Waals surface area contributed by atoms with Gasteiger partial charge in [0.05, 0.1) is 0 Å². The van der Waals surface area contributed by atoms with Crippen molar-refractivity contribution < 1.29 is 4.79 Å². The maximum absolute atomic E-state index is 10.2. The Bertz CT molecular complexity index is 161. The van der Waals surface area contributed by atoms with Crippen molar-refractivity contribution in [2.75, 3.05) is 0 Å². The van der Waals surface area contributed by atoms with Crippen LogP contribution in [0.1, 0.15) is 52.9 Å². The van der Waals surface area contributed by atoms with Gasteiger partial charge in [0.2, 0.25) is 0 Å². The fourth-order valence-electron chi connectivity index (χ4n) is 1.42. The van der Waals surface area contributed by atoms with Crippen LogP contribution in [0, 0.1) is 11.8 Å². The van der Waals surface area contributed by atoms with E-state index in [1.165, 1.54) is 25.7 Å². The second kappa shape index (κ2) is 8.98. The van der Waals surface area contributed by atoms with Crippen LogP contribution < -0.4 is 0 Å². The number of allylic oxidation sites excluding steroid dienone is 2. The van der Waals surface area contributed by atoms with Gasteiger partial charge in [-0.3, -0.25) is 0 Å². The number of rotatable bonds is 8. The third-order valence-electron chi connectivity index (χ3n) is 2.50. The summed E-state index contributed by atoms with van der Waals surface area (Å²) in [5.74, 6) is 1.07. The number of aldehydes is 1. The molecule has 0 amide bonds.